The number of benzene rings is 2. The summed E-state index contributed by atoms with van der Waals surface area (Å²) in [6, 6.07) is 13.5. The highest BCUT2D eigenvalue weighted by atomic mass is 16.5. The molecule has 2 rings (SSSR count). The van der Waals surface area contributed by atoms with Crippen LogP contribution in [0, 0.1) is 0 Å². The van der Waals surface area contributed by atoms with Gasteiger partial charge in [0, 0.05) is 31.0 Å². The fraction of sp³-hybridized carbons (Fsp3) is 0.211. The molecule has 0 saturated carbocycles. The summed E-state index contributed by atoms with van der Waals surface area (Å²) in [5.41, 5.74) is 2.13. The van der Waals surface area contributed by atoms with Crippen molar-refractivity contribution in [2.24, 2.45) is 0 Å². The number of nitrogens with one attached hydrogen (secondary N) is 3. The van der Waals surface area contributed by atoms with Crippen molar-refractivity contribution in [1.82, 2.24) is 0 Å². The van der Waals surface area contributed by atoms with Gasteiger partial charge in [-0.05, 0) is 43.3 Å². The average molecular weight is 355 g/mol. The minimum Gasteiger partial charge on any atom is -0.449 e. The third-order valence-corrected chi connectivity index (χ3v) is 3.54. The molecule has 7 heteroatoms. The third kappa shape index (κ3) is 5.07. The van der Waals surface area contributed by atoms with Crippen LogP contribution in [0.15, 0.2) is 48.5 Å². The molecule has 0 aromatic heterocycles. The normalized spacial score (nSPS) is 11.2. The molecule has 2 aromatic rings. The van der Waals surface area contributed by atoms with Crippen LogP contribution in [-0.2, 0) is 14.3 Å². The Hall–Kier alpha value is -3.35. The summed E-state index contributed by atoms with van der Waals surface area (Å²) in [4.78, 5) is 35.5. The lowest BCUT2D eigenvalue weighted by molar-refractivity contribution is -0.123. The molecule has 7 nitrogen and oxygen atoms in total. The topological polar surface area (TPSA) is 96.5 Å². The van der Waals surface area contributed by atoms with Crippen LogP contribution in [0.4, 0.5) is 17.1 Å². The van der Waals surface area contributed by atoms with Gasteiger partial charge in [0.15, 0.2) is 6.10 Å². The van der Waals surface area contributed by atoms with Gasteiger partial charge in [-0.15, -0.1) is 0 Å². The van der Waals surface area contributed by atoms with Crippen molar-refractivity contribution in [3.8, 4) is 0 Å². The number of ether oxygens (including phenoxy) is 1. The molecule has 3 N–H and O–H groups in total. The number of anilines is 3. The van der Waals surface area contributed by atoms with Crippen molar-refractivity contribution in [2.75, 3.05) is 23.0 Å². The molecule has 0 spiro atoms. The second-order valence-corrected chi connectivity index (χ2v) is 5.59. The van der Waals surface area contributed by atoms with Gasteiger partial charge in [-0.2, -0.15) is 0 Å². The Morgan fingerprint density at radius 3 is 2.08 bits per heavy atom. The quantitative estimate of drug-likeness (QED) is 0.693. The molecule has 0 saturated heterocycles. The van der Waals surface area contributed by atoms with E-state index in [1.54, 1.807) is 55.6 Å². The first-order valence-electron chi connectivity index (χ1n) is 8.07. The summed E-state index contributed by atoms with van der Waals surface area (Å²) < 4.78 is 5.24. The smallest absolute Gasteiger partial charge is 0.341 e. The molecule has 0 fully saturated rings. The lowest BCUT2D eigenvalue weighted by atomic mass is 10.2. The summed E-state index contributed by atoms with van der Waals surface area (Å²) in [7, 11) is 1.70. The summed E-state index contributed by atoms with van der Waals surface area (Å²) in [6.45, 7) is 2.92. The monoisotopic (exact) mass is 355 g/mol. The van der Waals surface area contributed by atoms with Crippen LogP contribution < -0.4 is 16.0 Å². The molecule has 0 aliphatic heterocycles. The molecule has 1 unspecified atom stereocenters. The highest BCUT2D eigenvalue weighted by Gasteiger charge is 2.20. The van der Waals surface area contributed by atoms with Gasteiger partial charge >= 0.3 is 5.97 Å². The Morgan fingerprint density at radius 1 is 0.923 bits per heavy atom. The van der Waals surface area contributed by atoms with E-state index in [1.807, 2.05) is 0 Å². The number of hydrogen-bond acceptors (Lipinski definition) is 5. The molecular weight excluding hydrogens is 334 g/mol. The first kappa shape index (κ1) is 19.0. The van der Waals surface area contributed by atoms with E-state index >= 15 is 0 Å². The molecule has 0 aliphatic carbocycles. The predicted octanol–water partition coefficient (Wildman–Crippen LogP) is 2.87. The molecule has 26 heavy (non-hydrogen) atoms. The zero-order chi connectivity index (χ0) is 19.1. The van der Waals surface area contributed by atoms with Gasteiger partial charge in [0.2, 0.25) is 5.91 Å². The van der Waals surface area contributed by atoms with Crippen molar-refractivity contribution < 1.29 is 19.1 Å². The minimum atomic E-state index is -0.970. The summed E-state index contributed by atoms with van der Waals surface area (Å²) in [5.74, 6) is -1.21. The Balaban J connectivity index is 1.96. The predicted molar refractivity (Wildman–Crippen MR) is 100 cm³/mol. The van der Waals surface area contributed by atoms with Gasteiger partial charge in [0.05, 0.1) is 5.56 Å². The second-order valence-electron chi connectivity index (χ2n) is 5.59. The molecule has 0 bridgehead atoms. The van der Waals surface area contributed by atoms with Gasteiger partial charge in [-0.3, -0.25) is 9.59 Å². The fourth-order valence-corrected chi connectivity index (χ4v) is 2.24. The van der Waals surface area contributed by atoms with Crippen molar-refractivity contribution in [3.63, 3.8) is 0 Å². The van der Waals surface area contributed by atoms with E-state index < -0.39 is 18.0 Å². The molecule has 2 amide bonds. The average Bonchev–Trinajstić information content (AvgIpc) is 2.62. The maximum Gasteiger partial charge on any atom is 0.341 e. The second kappa shape index (κ2) is 8.66. The summed E-state index contributed by atoms with van der Waals surface area (Å²) in [5, 5.41) is 8.21. The number of amides is 2. The standard InChI is InChI=1S/C19H21N3O4/c1-12(26-19(25)16-6-4-5-7-17(16)20-3)18(24)22-15-10-8-14(9-11-15)21-13(2)23/h4-12,20H,1-3H3,(H,21,23)(H,22,24). The largest absolute Gasteiger partial charge is 0.449 e. The first-order chi connectivity index (χ1) is 12.4. The van der Waals surface area contributed by atoms with Crippen LogP contribution in [0.3, 0.4) is 0 Å². The Morgan fingerprint density at radius 2 is 1.50 bits per heavy atom. The zero-order valence-corrected chi connectivity index (χ0v) is 14.8. The lowest BCUT2D eigenvalue weighted by Gasteiger charge is -2.15. The number of hydrogen-bond donors (Lipinski definition) is 3. The fourth-order valence-electron chi connectivity index (χ4n) is 2.24. The van der Waals surface area contributed by atoms with Crippen LogP contribution in [0.2, 0.25) is 0 Å². The van der Waals surface area contributed by atoms with E-state index in [9.17, 15) is 14.4 Å². The third-order valence-electron chi connectivity index (χ3n) is 3.54. The van der Waals surface area contributed by atoms with Crippen molar-refractivity contribution >= 4 is 34.8 Å². The molecule has 0 heterocycles. The molecule has 0 aliphatic rings. The van der Waals surface area contributed by atoms with E-state index in [4.69, 9.17) is 4.74 Å². The maximum absolute atomic E-state index is 12.3. The molecular formula is C19H21N3O4. The maximum atomic E-state index is 12.3. The zero-order valence-electron chi connectivity index (χ0n) is 14.8. The molecule has 2 aromatic carbocycles. The number of carbonyl (C=O) groups is 3. The highest BCUT2D eigenvalue weighted by Crippen LogP contribution is 2.17. The highest BCUT2D eigenvalue weighted by molar-refractivity contribution is 5.99. The minimum absolute atomic E-state index is 0.177. The molecule has 1 atom stereocenters. The summed E-state index contributed by atoms with van der Waals surface area (Å²) in [6.07, 6.45) is -0.970. The van der Waals surface area contributed by atoms with Crippen LogP contribution in [0.5, 0.6) is 0 Å². The van der Waals surface area contributed by atoms with Gasteiger partial charge in [0.1, 0.15) is 0 Å². The van der Waals surface area contributed by atoms with Crippen LogP contribution in [0.1, 0.15) is 24.2 Å². The first-order valence-corrected chi connectivity index (χ1v) is 8.07. The van der Waals surface area contributed by atoms with E-state index in [0.717, 1.165) is 0 Å². The Labute approximate surface area is 151 Å². The Bertz CT molecular complexity index is 803. The number of para-hydroxylation sites is 1. The van der Waals surface area contributed by atoms with Crippen LogP contribution >= 0.6 is 0 Å². The van der Waals surface area contributed by atoms with Crippen LogP contribution in [-0.4, -0.2) is 30.9 Å². The molecule has 136 valence electrons. The van der Waals surface area contributed by atoms with Gasteiger partial charge in [-0.25, -0.2) is 4.79 Å². The van der Waals surface area contributed by atoms with Crippen LogP contribution in [0.25, 0.3) is 0 Å². The SMILES string of the molecule is CNc1ccccc1C(=O)OC(C)C(=O)Nc1ccc(NC(C)=O)cc1. The lowest BCUT2D eigenvalue weighted by Crippen LogP contribution is -2.30. The van der Waals surface area contributed by atoms with Crippen molar-refractivity contribution in [2.45, 2.75) is 20.0 Å². The van der Waals surface area contributed by atoms with Crippen molar-refractivity contribution in [1.29, 1.82) is 0 Å². The number of esters is 1. The summed E-state index contributed by atoms with van der Waals surface area (Å²) >= 11 is 0. The van der Waals surface area contributed by atoms with E-state index in [-0.39, 0.29) is 5.91 Å². The van der Waals surface area contributed by atoms with E-state index in [1.165, 1.54) is 13.8 Å². The number of carbonyl (C=O) groups excluding carboxylic acids is 3. The van der Waals surface area contributed by atoms with Gasteiger partial charge in [-0.1, -0.05) is 12.1 Å². The Kier molecular flexibility index (Phi) is 6.32. The van der Waals surface area contributed by atoms with E-state index in [2.05, 4.69) is 16.0 Å². The number of rotatable bonds is 6. The van der Waals surface area contributed by atoms with Gasteiger partial charge in [0.25, 0.3) is 5.91 Å². The van der Waals surface area contributed by atoms with Gasteiger partial charge < -0.3 is 20.7 Å². The molecule has 0 radical (unpaired) electrons. The van der Waals surface area contributed by atoms with E-state index in [0.29, 0.717) is 22.6 Å². The van der Waals surface area contributed by atoms with Crippen molar-refractivity contribution in [3.05, 3.63) is 54.1 Å².